The van der Waals surface area contributed by atoms with E-state index in [2.05, 4.69) is 15.5 Å². The lowest BCUT2D eigenvalue weighted by Gasteiger charge is -2.40. The van der Waals surface area contributed by atoms with Crippen molar-refractivity contribution in [3.05, 3.63) is 30.7 Å². The van der Waals surface area contributed by atoms with Crippen LogP contribution in [0.1, 0.15) is 25.7 Å². The molecule has 2 aromatic rings. The summed E-state index contributed by atoms with van der Waals surface area (Å²) >= 11 is 0. The number of carbonyl (C=O) groups excluding carboxylic acids is 2. The molecule has 3 heterocycles. The molecule has 8 nitrogen and oxygen atoms in total. The Labute approximate surface area is 145 Å². The van der Waals surface area contributed by atoms with Crippen molar-refractivity contribution in [1.29, 1.82) is 0 Å². The molecule has 2 amide bonds. The molecule has 25 heavy (non-hydrogen) atoms. The summed E-state index contributed by atoms with van der Waals surface area (Å²) in [7, 11) is 1.81. The van der Waals surface area contributed by atoms with Gasteiger partial charge in [-0.2, -0.15) is 10.2 Å². The SMILES string of the molecule is Cn1ccc(NC(=O)C2(n3cccn3)CCN(C(=O)C3CC3)CC2)n1. The van der Waals surface area contributed by atoms with E-state index in [-0.39, 0.29) is 17.7 Å². The molecule has 1 saturated carbocycles. The lowest BCUT2D eigenvalue weighted by molar-refractivity contribution is -0.138. The fourth-order valence-electron chi connectivity index (χ4n) is 3.48. The van der Waals surface area contributed by atoms with Gasteiger partial charge in [0.1, 0.15) is 5.54 Å². The van der Waals surface area contributed by atoms with Crippen molar-refractivity contribution in [3.8, 4) is 0 Å². The molecule has 1 aliphatic carbocycles. The number of aromatic nitrogens is 4. The number of anilines is 1. The molecule has 0 unspecified atom stereocenters. The molecule has 132 valence electrons. The fraction of sp³-hybridized carbons (Fsp3) is 0.529. The van der Waals surface area contributed by atoms with Gasteiger partial charge in [0, 0.05) is 50.7 Å². The third kappa shape index (κ3) is 2.92. The van der Waals surface area contributed by atoms with Crippen molar-refractivity contribution in [2.75, 3.05) is 18.4 Å². The van der Waals surface area contributed by atoms with E-state index in [0.717, 1.165) is 12.8 Å². The van der Waals surface area contributed by atoms with Crippen LogP contribution in [0.15, 0.2) is 30.7 Å². The average Bonchev–Trinajstić information content (AvgIpc) is 3.15. The highest BCUT2D eigenvalue weighted by molar-refractivity contribution is 5.96. The molecule has 8 heteroatoms. The molecule has 1 saturated heterocycles. The third-order valence-corrected chi connectivity index (χ3v) is 5.15. The minimum Gasteiger partial charge on any atom is -0.342 e. The maximum atomic E-state index is 13.1. The second-order valence-electron chi connectivity index (χ2n) is 6.91. The number of piperidine rings is 1. The smallest absolute Gasteiger partial charge is 0.253 e. The van der Waals surface area contributed by atoms with Gasteiger partial charge in [-0.1, -0.05) is 0 Å². The number of nitrogens with zero attached hydrogens (tertiary/aromatic N) is 5. The first-order chi connectivity index (χ1) is 12.1. The van der Waals surface area contributed by atoms with E-state index in [1.165, 1.54) is 0 Å². The molecule has 2 fully saturated rings. The minimum absolute atomic E-state index is 0.131. The Morgan fingerprint density at radius 3 is 2.56 bits per heavy atom. The highest BCUT2D eigenvalue weighted by atomic mass is 16.2. The number of hydrogen-bond acceptors (Lipinski definition) is 4. The van der Waals surface area contributed by atoms with E-state index in [4.69, 9.17) is 0 Å². The summed E-state index contributed by atoms with van der Waals surface area (Å²) in [4.78, 5) is 27.3. The quantitative estimate of drug-likeness (QED) is 0.898. The van der Waals surface area contributed by atoms with Crippen LogP contribution in [0.3, 0.4) is 0 Å². The van der Waals surface area contributed by atoms with Gasteiger partial charge in [0.15, 0.2) is 5.82 Å². The van der Waals surface area contributed by atoms with E-state index in [1.54, 1.807) is 34.9 Å². The van der Waals surface area contributed by atoms with Gasteiger partial charge in [-0.3, -0.25) is 19.0 Å². The van der Waals surface area contributed by atoms with E-state index < -0.39 is 5.54 Å². The summed E-state index contributed by atoms with van der Waals surface area (Å²) in [5.74, 6) is 0.836. The summed E-state index contributed by atoms with van der Waals surface area (Å²) in [5.41, 5.74) is -0.790. The van der Waals surface area contributed by atoms with Gasteiger partial charge < -0.3 is 10.2 Å². The first-order valence-corrected chi connectivity index (χ1v) is 8.68. The zero-order valence-electron chi connectivity index (χ0n) is 14.3. The van der Waals surface area contributed by atoms with Crippen LogP contribution in [0.4, 0.5) is 5.82 Å². The van der Waals surface area contributed by atoms with Gasteiger partial charge >= 0.3 is 0 Å². The Balaban J connectivity index is 1.54. The summed E-state index contributed by atoms with van der Waals surface area (Å²) in [5, 5.41) is 11.5. The molecule has 0 aromatic carbocycles. The first kappa shape index (κ1) is 15.9. The molecule has 0 atom stereocenters. The molecule has 1 aliphatic heterocycles. The second-order valence-corrected chi connectivity index (χ2v) is 6.91. The number of likely N-dealkylation sites (tertiary alicyclic amines) is 1. The predicted molar refractivity (Wildman–Crippen MR) is 90.6 cm³/mol. The van der Waals surface area contributed by atoms with Crippen LogP contribution in [-0.4, -0.2) is 49.4 Å². The predicted octanol–water partition coefficient (Wildman–Crippen LogP) is 0.983. The minimum atomic E-state index is -0.790. The Bertz CT molecular complexity index is 769. The number of carbonyl (C=O) groups is 2. The summed E-state index contributed by atoms with van der Waals surface area (Å²) in [6.07, 6.45) is 8.37. The molecular formula is C17H22N6O2. The van der Waals surface area contributed by atoms with Gasteiger partial charge in [0.2, 0.25) is 5.91 Å². The first-order valence-electron chi connectivity index (χ1n) is 8.68. The van der Waals surface area contributed by atoms with Crippen LogP contribution in [0.2, 0.25) is 0 Å². The van der Waals surface area contributed by atoms with Crippen molar-refractivity contribution in [3.63, 3.8) is 0 Å². The van der Waals surface area contributed by atoms with Crippen LogP contribution in [0.5, 0.6) is 0 Å². The van der Waals surface area contributed by atoms with Crippen molar-refractivity contribution < 1.29 is 9.59 Å². The number of aryl methyl sites for hydroxylation is 1. The summed E-state index contributed by atoms with van der Waals surface area (Å²) in [6, 6.07) is 3.58. The van der Waals surface area contributed by atoms with Gasteiger partial charge in [-0.15, -0.1) is 0 Å². The van der Waals surface area contributed by atoms with Crippen LogP contribution in [0, 0.1) is 5.92 Å². The number of amides is 2. The maximum Gasteiger partial charge on any atom is 0.253 e. The van der Waals surface area contributed by atoms with Gasteiger partial charge in [-0.05, 0) is 31.7 Å². The molecule has 2 aliphatic rings. The molecular weight excluding hydrogens is 320 g/mol. The van der Waals surface area contributed by atoms with E-state index in [0.29, 0.717) is 31.7 Å². The number of hydrogen-bond donors (Lipinski definition) is 1. The average molecular weight is 342 g/mol. The fourth-order valence-corrected chi connectivity index (χ4v) is 3.48. The van der Waals surface area contributed by atoms with Crippen molar-refractivity contribution in [2.45, 2.75) is 31.2 Å². The van der Waals surface area contributed by atoms with Gasteiger partial charge in [-0.25, -0.2) is 0 Å². The standard InChI is InChI=1S/C17H22N6O2/c1-21-10-5-14(20-21)19-16(25)17(23-9-2-8-18-23)6-11-22(12-7-17)15(24)13-3-4-13/h2,5,8-10,13H,3-4,6-7,11-12H2,1H3,(H,19,20,25). The van der Waals surface area contributed by atoms with E-state index in [1.807, 2.05) is 17.2 Å². The highest BCUT2D eigenvalue weighted by Crippen LogP contribution is 2.35. The highest BCUT2D eigenvalue weighted by Gasteiger charge is 2.46. The molecule has 4 rings (SSSR count). The molecule has 0 radical (unpaired) electrons. The lowest BCUT2D eigenvalue weighted by atomic mass is 9.86. The normalized spacial score (nSPS) is 19.6. The largest absolute Gasteiger partial charge is 0.342 e. The van der Waals surface area contributed by atoms with Gasteiger partial charge in [0.05, 0.1) is 0 Å². The lowest BCUT2D eigenvalue weighted by Crippen LogP contribution is -2.54. The molecule has 2 aromatic heterocycles. The second kappa shape index (κ2) is 6.02. The number of rotatable bonds is 4. The third-order valence-electron chi connectivity index (χ3n) is 5.15. The number of nitrogens with one attached hydrogen (secondary N) is 1. The Morgan fingerprint density at radius 2 is 2.00 bits per heavy atom. The Kier molecular flexibility index (Phi) is 3.82. The van der Waals surface area contributed by atoms with Crippen LogP contribution < -0.4 is 5.32 Å². The van der Waals surface area contributed by atoms with Crippen LogP contribution in [0.25, 0.3) is 0 Å². The molecule has 0 spiro atoms. The van der Waals surface area contributed by atoms with Crippen molar-refractivity contribution in [1.82, 2.24) is 24.5 Å². The van der Waals surface area contributed by atoms with E-state index >= 15 is 0 Å². The summed E-state index contributed by atoms with van der Waals surface area (Å²) in [6.45, 7) is 1.15. The Hall–Kier alpha value is -2.64. The van der Waals surface area contributed by atoms with Gasteiger partial charge in [0.25, 0.3) is 5.91 Å². The Morgan fingerprint density at radius 1 is 1.24 bits per heavy atom. The van der Waals surface area contributed by atoms with Crippen LogP contribution in [-0.2, 0) is 22.2 Å². The van der Waals surface area contributed by atoms with E-state index in [9.17, 15) is 9.59 Å². The summed E-state index contributed by atoms with van der Waals surface area (Å²) < 4.78 is 3.37. The van der Waals surface area contributed by atoms with Crippen molar-refractivity contribution in [2.24, 2.45) is 13.0 Å². The zero-order valence-corrected chi connectivity index (χ0v) is 14.3. The zero-order chi connectivity index (χ0) is 17.4. The molecule has 0 bridgehead atoms. The van der Waals surface area contributed by atoms with Crippen LogP contribution >= 0.6 is 0 Å². The molecule has 1 N–H and O–H groups in total. The maximum absolute atomic E-state index is 13.1. The monoisotopic (exact) mass is 342 g/mol. The van der Waals surface area contributed by atoms with Crippen molar-refractivity contribution >= 4 is 17.6 Å². The topological polar surface area (TPSA) is 85.0 Å².